The fourth-order valence-corrected chi connectivity index (χ4v) is 4.41. The van der Waals surface area contributed by atoms with Gasteiger partial charge in [-0.05, 0) is 35.4 Å². The molecule has 5 nitrogen and oxygen atoms in total. The highest BCUT2D eigenvalue weighted by molar-refractivity contribution is 5.95. The van der Waals surface area contributed by atoms with Gasteiger partial charge in [-0.2, -0.15) is 0 Å². The van der Waals surface area contributed by atoms with Crippen LogP contribution in [-0.2, 0) is 11.3 Å². The highest BCUT2D eigenvalue weighted by Gasteiger charge is 2.41. The number of nitrogens with zero attached hydrogens (tertiary/aromatic N) is 2. The van der Waals surface area contributed by atoms with Crippen LogP contribution in [0.4, 0.5) is 0 Å². The van der Waals surface area contributed by atoms with Gasteiger partial charge in [0.15, 0.2) is 0 Å². The first-order valence-electron chi connectivity index (χ1n) is 10.8. The normalized spacial score (nSPS) is 17.8. The van der Waals surface area contributed by atoms with Crippen LogP contribution in [0.25, 0.3) is 0 Å². The van der Waals surface area contributed by atoms with Crippen LogP contribution in [0.15, 0.2) is 84.9 Å². The van der Waals surface area contributed by atoms with E-state index in [2.05, 4.69) is 0 Å². The van der Waals surface area contributed by atoms with Crippen molar-refractivity contribution in [1.82, 2.24) is 9.80 Å². The van der Waals surface area contributed by atoms with E-state index in [1.165, 1.54) is 0 Å². The molecule has 1 aliphatic heterocycles. The average Bonchev–Trinajstić information content (AvgIpc) is 3.29. The molecule has 32 heavy (non-hydrogen) atoms. The third-order valence-corrected chi connectivity index (χ3v) is 6.11. The lowest BCUT2D eigenvalue weighted by atomic mass is 9.88. The molecule has 0 spiro atoms. The van der Waals surface area contributed by atoms with E-state index in [0.29, 0.717) is 25.2 Å². The standard InChI is InChI=1S/C27H28N2O3/c1-28(17-20-10-5-3-6-11-20)27(31)25-19-29(26(30)21-12-7-4-8-13-21)18-24(25)22-14-9-15-23(16-22)32-2/h3-16,24-25H,17-19H2,1-2H3/t24-,25+/m1/s1. The summed E-state index contributed by atoms with van der Waals surface area (Å²) in [6.45, 7) is 1.43. The summed E-state index contributed by atoms with van der Waals surface area (Å²) < 4.78 is 5.40. The molecule has 164 valence electrons. The van der Waals surface area contributed by atoms with Crippen LogP contribution in [0.2, 0.25) is 0 Å². The van der Waals surface area contributed by atoms with Crippen LogP contribution in [0.3, 0.4) is 0 Å². The maximum Gasteiger partial charge on any atom is 0.253 e. The Morgan fingerprint density at radius 1 is 0.938 bits per heavy atom. The molecular weight excluding hydrogens is 400 g/mol. The fourth-order valence-electron chi connectivity index (χ4n) is 4.41. The van der Waals surface area contributed by atoms with Crippen molar-refractivity contribution in [3.8, 4) is 5.75 Å². The average molecular weight is 429 g/mol. The van der Waals surface area contributed by atoms with Crippen molar-refractivity contribution in [3.63, 3.8) is 0 Å². The molecule has 0 saturated carbocycles. The summed E-state index contributed by atoms with van der Waals surface area (Å²) in [6, 6.07) is 27.0. The number of carbonyl (C=O) groups excluding carboxylic acids is 2. The molecule has 2 atom stereocenters. The van der Waals surface area contributed by atoms with Gasteiger partial charge in [0.1, 0.15) is 5.75 Å². The molecule has 0 aromatic heterocycles. The highest BCUT2D eigenvalue weighted by Crippen LogP contribution is 2.36. The summed E-state index contributed by atoms with van der Waals surface area (Å²) in [5.74, 6) is 0.343. The SMILES string of the molecule is COc1cccc([C@H]2CN(C(=O)c3ccccc3)C[C@@H]2C(=O)N(C)Cc2ccccc2)c1. The van der Waals surface area contributed by atoms with E-state index < -0.39 is 0 Å². The zero-order valence-corrected chi connectivity index (χ0v) is 18.5. The van der Waals surface area contributed by atoms with Gasteiger partial charge in [0.2, 0.25) is 5.91 Å². The predicted molar refractivity (Wildman–Crippen MR) is 124 cm³/mol. The largest absolute Gasteiger partial charge is 0.497 e. The van der Waals surface area contributed by atoms with Gasteiger partial charge in [-0.15, -0.1) is 0 Å². The van der Waals surface area contributed by atoms with Gasteiger partial charge < -0.3 is 14.5 Å². The minimum absolute atomic E-state index is 0.0421. The number of hydrogen-bond acceptors (Lipinski definition) is 3. The van der Waals surface area contributed by atoms with Crippen molar-refractivity contribution in [2.24, 2.45) is 5.92 Å². The highest BCUT2D eigenvalue weighted by atomic mass is 16.5. The summed E-state index contributed by atoms with van der Waals surface area (Å²) >= 11 is 0. The molecule has 2 amide bonds. The lowest BCUT2D eigenvalue weighted by Crippen LogP contribution is -2.36. The second-order valence-electron chi connectivity index (χ2n) is 8.25. The molecule has 0 aliphatic carbocycles. The summed E-state index contributed by atoms with van der Waals surface area (Å²) in [5.41, 5.74) is 2.73. The van der Waals surface area contributed by atoms with Crippen molar-refractivity contribution in [2.75, 3.05) is 27.2 Å². The van der Waals surface area contributed by atoms with Gasteiger partial charge >= 0.3 is 0 Å². The van der Waals surface area contributed by atoms with E-state index in [4.69, 9.17) is 4.74 Å². The van der Waals surface area contributed by atoms with Crippen LogP contribution < -0.4 is 4.74 Å². The number of likely N-dealkylation sites (tertiary alicyclic amines) is 1. The van der Waals surface area contributed by atoms with Crippen LogP contribution in [0, 0.1) is 5.92 Å². The van der Waals surface area contributed by atoms with Crippen molar-refractivity contribution >= 4 is 11.8 Å². The molecule has 0 N–H and O–H groups in total. The summed E-state index contributed by atoms with van der Waals surface area (Å²) in [4.78, 5) is 30.3. The first-order valence-corrected chi connectivity index (χ1v) is 10.8. The van der Waals surface area contributed by atoms with E-state index in [9.17, 15) is 9.59 Å². The van der Waals surface area contributed by atoms with E-state index in [1.807, 2.05) is 92.0 Å². The second-order valence-corrected chi connectivity index (χ2v) is 8.25. The molecule has 5 heteroatoms. The Balaban J connectivity index is 1.60. The van der Waals surface area contributed by atoms with Crippen LogP contribution in [-0.4, -0.2) is 48.9 Å². The number of benzene rings is 3. The molecule has 0 unspecified atom stereocenters. The molecule has 3 aromatic carbocycles. The monoisotopic (exact) mass is 428 g/mol. The molecule has 1 heterocycles. The van der Waals surface area contributed by atoms with Crippen LogP contribution in [0.5, 0.6) is 5.75 Å². The molecule has 0 bridgehead atoms. The molecular formula is C27H28N2O3. The summed E-state index contributed by atoms with van der Waals surface area (Å²) in [6.07, 6.45) is 0. The number of amides is 2. The quantitative estimate of drug-likeness (QED) is 0.591. The summed E-state index contributed by atoms with van der Waals surface area (Å²) in [7, 11) is 3.47. The minimum atomic E-state index is -0.316. The van der Waals surface area contributed by atoms with E-state index in [0.717, 1.165) is 16.9 Å². The van der Waals surface area contributed by atoms with Gasteiger partial charge in [0, 0.05) is 38.2 Å². The Bertz CT molecular complexity index is 1070. The Morgan fingerprint density at radius 2 is 1.62 bits per heavy atom. The van der Waals surface area contributed by atoms with Crippen molar-refractivity contribution in [1.29, 1.82) is 0 Å². The van der Waals surface area contributed by atoms with Gasteiger partial charge in [-0.1, -0.05) is 60.7 Å². The minimum Gasteiger partial charge on any atom is -0.497 e. The molecule has 3 aromatic rings. The predicted octanol–water partition coefficient (Wildman–Crippen LogP) is 4.21. The number of rotatable bonds is 6. The van der Waals surface area contributed by atoms with Crippen molar-refractivity contribution in [3.05, 3.63) is 102 Å². The Labute approximate surface area is 189 Å². The molecule has 4 rings (SSSR count). The maximum atomic E-state index is 13.5. The Morgan fingerprint density at radius 3 is 2.31 bits per heavy atom. The third kappa shape index (κ3) is 4.67. The fraction of sp³-hybridized carbons (Fsp3) is 0.259. The first kappa shape index (κ1) is 21.6. The van der Waals surface area contributed by atoms with Gasteiger partial charge in [-0.25, -0.2) is 0 Å². The summed E-state index contributed by atoms with van der Waals surface area (Å²) in [5, 5.41) is 0. The zero-order chi connectivity index (χ0) is 22.5. The third-order valence-electron chi connectivity index (χ3n) is 6.11. The number of ether oxygens (including phenoxy) is 1. The first-order chi connectivity index (χ1) is 15.6. The molecule has 0 radical (unpaired) electrons. The number of carbonyl (C=O) groups is 2. The number of hydrogen-bond donors (Lipinski definition) is 0. The van der Waals surface area contributed by atoms with Crippen molar-refractivity contribution in [2.45, 2.75) is 12.5 Å². The van der Waals surface area contributed by atoms with Crippen LogP contribution in [0.1, 0.15) is 27.4 Å². The number of methoxy groups -OCH3 is 1. The maximum absolute atomic E-state index is 13.5. The van der Waals surface area contributed by atoms with Crippen molar-refractivity contribution < 1.29 is 14.3 Å². The van der Waals surface area contributed by atoms with Gasteiger partial charge in [-0.3, -0.25) is 9.59 Å². The van der Waals surface area contributed by atoms with E-state index >= 15 is 0 Å². The van der Waals surface area contributed by atoms with Gasteiger partial charge in [0.25, 0.3) is 5.91 Å². The Hall–Kier alpha value is -3.60. The zero-order valence-electron chi connectivity index (χ0n) is 18.5. The smallest absolute Gasteiger partial charge is 0.253 e. The van der Waals surface area contributed by atoms with Gasteiger partial charge in [0.05, 0.1) is 13.0 Å². The lowest BCUT2D eigenvalue weighted by molar-refractivity contribution is -0.134. The topological polar surface area (TPSA) is 49.9 Å². The molecule has 1 saturated heterocycles. The lowest BCUT2D eigenvalue weighted by Gasteiger charge is -2.25. The molecule has 1 fully saturated rings. The molecule has 1 aliphatic rings. The Kier molecular flexibility index (Phi) is 6.55. The second kappa shape index (κ2) is 9.69. The van der Waals surface area contributed by atoms with E-state index in [1.54, 1.807) is 16.9 Å². The van der Waals surface area contributed by atoms with Crippen LogP contribution >= 0.6 is 0 Å². The van der Waals surface area contributed by atoms with E-state index in [-0.39, 0.29) is 23.7 Å².